The van der Waals surface area contributed by atoms with Crippen LogP contribution < -0.4 is 10.9 Å². The summed E-state index contributed by atoms with van der Waals surface area (Å²) in [6, 6.07) is 16.2. The van der Waals surface area contributed by atoms with Crippen molar-refractivity contribution in [1.82, 2.24) is 14.8 Å². The lowest BCUT2D eigenvalue weighted by Crippen LogP contribution is -2.48. The second-order valence-corrected chi connectivity index (χ2v) is 7.64. The minimum absolute atomic E-state index is 0. The van der Waals surface area contributed by atoms with Crippen molar-refractivity contribution in [2.24, 2.45) is 10.9 Å². The van der Waals surface area contributed by atoms with Gasteiger partial charge in [-0.05, 0) is 42.7 Å². The summed E-state index contributed by atoms with van der Waals surface area (Å²) in [6.45, 7) is 6.04. The van der Waals surface area contributed by atoms with Crippen LogP contribution in [0.1, 0.15) is 37.7 Å². The summed E-state index contributed by atoms with van der Waals surface area (Å²) in [5, 5.41) is 3.50. The standard InChI is InChI=1S/C23H32N4O.HI/c1-19-18-27(17-13-21(19)20-10-4-3-5-11-20)23(24-2)25-14-7-9-16-26-15-8-6-12-22(26)28;/h3-6,8,10-12,15,19,21H,7,9,13-14,16-18H2,1-2H3,(H,24,25);1H. The van der Waals surface area contributed by atoms with Crippen LogP contribution in [0.2, 0.25) is 0 Å². The molecule has 1 fully saturated rings. The van der Waals surface area contributed by atoms with Gasteiger partial charge in [-0.25, -0.2) is 0 Å². The second-order valence-electron chi connectivity index (χ2n) is 7.64. The summed E-state index contributed by atoms with van der Waals surface area (Å²) in [5.74, 6) is 2.22. The van der Waals surface area contributed by atoms with Gasteiger partial charge in [-0.3, -0.25) is 9.79 Å². The first-order valence-corrected chi connectivity index (χ1v) is 10.3. The summed E-state index contributed by atoms with van der Waals surface area (Å²) in [7, 11) is 1.86. The molecule has 0 aliphatic carbocycles. The van der Waals surface area contributed by atoms with Gasteiger partial charge in [-0.15, -0.1) is 24.0 Å². The number of guanidine groups is 1. The number of rotatable bonds is 6. The van der Waals surface area contributed by atoms with Gasteiger partial charge in [-0.2, -0.15) is 0 Å². The summed E-state index contributed by atoms with van der Waals surface area (Å²) in [4.78, 5) is 18.6. The zero-order valence-corrected chi connectivity index (χ0v) is 19.8. The van der Waals surface area contributed by atoms with E-state index >= 15 is 0 Å². The van der Waals surface area contributed by atoms with E-state index in [4.69, 9.17) is 0 Å². The fourth-order valence-corrected chi connectivity index (χ4v) is 4.12. The first kappa shape index (κ1) is 23.4. The topological polar surface area (TPSA) is 49.6 Å². The molecule has 1 aliphatic heterocycles. The van der Waals surface area contributed by atoms with Gasteiger partial charge < -0.3 is 14.8 Å². The van der Waals surface area contributed by atoms with Gasteiger partial charge in [0.05, 0.1) is 0 Å². The van der Waals surface area contributed by atoms with Crippen LogP contribution in [0.25, 0.3) is 0 Å². The molecule has 2 aromatic rings. The highest BCUT2D eigenvalue weighted by atomic mass is 127. The molecule has 0 amide bonds. The van der Waals surface area contributed by atoms with E-state index in [1.165, 1.54) is 5.56 Å². The van der Waals surface area contributed by atoms with E-state index in [2.05, 4.69) is 52.5 Å². The maximum absolute atomic E-state index is 11.7. The number of aromatic nitrogens is 1. The number of benzene rings is 1. The van der Waals surface area contributed by atoms with Crippen LogP contribution in [0.4, 0.5) is 0 Å². The Morgan fingerprint density at radius 2 is 1.90 bits per heavy atom. The predicted molar refractivity (Wildman–Crippen MR) is 131 cm³/mol. The van der Waals surface area contributed by atoms with Gasteiger partial charge in [-0.1, -0.05) is 43.3 Å². The Balaban J connectivity index is 0.00000300. The average Bonchev–Trinajstić information content (AvgIpc) is 2.72. The molecule has 0 spiro atoms. The monoisotopic (exact) mass is 508 g/mol. The lowest BCUT2D eigenvalue weighted by Gasteiger charge is -2.39. The molecule has 29 heavy (non-hydrogen) atoms. The van der Waals surface area contributed by atoms with Crippen molar-refractivity contribution in [3.8, 4) is 0 Å². The molecule has 1 aliphatic rings. The van der Waals surface area contributed by atoms with Gasteiger partial charge in [0.15, 0.2) is 5.96 Å². The van der Waals surface area contributed by atoms with Gasteiger partial charge >= 0.3 is 0 Å². The van der Waals surface area contributed by atoms with Crippen LogP contribution in [0.15, 0.2) is 64.5 Å². The molecule has 1 aromatic carbocycles. The number of hydrogen-bond acceptors (Lipinski definition) is 2. The molecule has 1 aromatic heterocycles. The molecule has 6 heteroatoms. The van der Waals surface area contributed by atoms with Crippen molar-refractivity contribution < 1.29 is 0 Å². The SMILES string of the molecule is CN=C(NCCCCn1ccccc1=O)N1CCC(c2ccccc2)C(C)C1.I. The van der Waals surface area contributed by atoms with Crippen LogP contribution >= 0.6 is 24.0 Å². The van der Waals surface area contributed by atoms with E-state index in [0.29, 0.717) is 11.8 Å². The maximum atomic E-state index is 11.7. The molecule has 5 nitrogen and oxygen atoms in total. The van der Waals surface area contributed by atoms with Gasteiger partial charge in [0.25, 0.3) is 0 Å². The van der Waals surface area contributed by atoms with E-state index in [0.717, 1.165) is 51.4 Å². The molecule has 0 radical (unpaired) electrons. The summed E-state index contributed by atoms with van der Waals surface area (Å²) in [6.07, 6.45) is 4.99. The minimum Gasteiger partial charge on any atom is -0.356 e. The number of pyridine rings is 1. The lowest BCUT2D eigenvalue weighted by molar-refractivity contribution is 0.234. The molecule has 3 rings (SSSR count). The number of halogens is 1. The smallest absolute Gasteiger partial charge is 0.250 e. The predicted octanol–water partition coefficient (Wildman–Crippen LogP) is 3.95. The van der Waals surface area contributed by atoms with Gasteiger partial charge in [0, 0.05) is 45.5 Å². The summed E-state index contributed by atoms with van der Waals surface area (Å²) in [5.41, 5.74) is 1.52. The molecule has 0 saturated carbocycles. The van der Waals surface area contributed by atoms with Crippen molar-refractivity contribution in [2.75, 3.05) is 26.7 Å². The van der Waals surface area contributed by atoms with Crippen LogP contribution in [0, 0.1) is 5.92 Å². The fourth-order valence-electron chi connectivity index (χ4n) is 4.12. The molecule has 0 bridgehead atoms. The molecular formula is C23H33IN4O. The van der Waals surface area contributed by atoms with Crippen molar-refractivity contribution >= 4 is 29.9 Å². The quantitative estimate of drug-likeness (QED) is 0.278. The highest BCUT2D eigenvalue weighted by Crippen LogP contribution is 2.32. The van der Waals surface area contributed by atoms with Crippen molar-refractivity contribution in [2.45, 2.75) is 38.6 Å². The molecule has 2 atom stereocenters. The number of nitrogens with zero attached hydrogens (tertiary/aromatic N) is 3. The van der Waals surface area contributed by atoms with E-state index in [1.807, 2.05) is 19.3 Å². The Morgan fingerprint density at radius 1 is 1.14 bits per heavy atom. The maximum Gasteiger partial charge on any atom is 0.250 e. The number of aryl methyl sites for hydroxylation is 1. The Hall–Kier alpha value is -1.83. The fraction of sp³-hybridized carbons (Fsp3) is 0.478. The van der Waals surface area contributed by atoms with E-state index in [-0.39, 0.29) is 29.5 Å². The largest absolute Gasteiger partial charge is 0.356 e. The van der Waals surface area contributed by atoms with E-state index in [9.17, 15) is 4.79 Å². The van der Waals surface area contributed by atoms with E-state index < -0.39 is 0 Å². The molecule has 1 saturated heterocycles. The third-order valence-electron chi connectivity index (χ3n) is 5.65. The third kappa shape index (κ3) is 6.59. The third-order valence-corrected chi connectivity index (χ3v) is 5.65. The van der Waals surface area contributed by atoms with Crippen molar-refractivity contribution in [1.29, 1.82) is 0 Å². The van der Waals surface area contributed by atoms with Crippen LogP contribution in [0.3, 0.4) is 0 Å². The Labute approximate surface area is 191 Å². The molecule has 1 N–H and O–H groups in total. The average molecular weight is 508 g/mol. The number of unbranched alkanes of at least 4 members (excludes halogenated alkanes) is 1. The molecular weight excluding hydrogens is 475 g/mol. The zero-order valence-electron chi connectivity index (χ0n) is 17.5. The number of nitrogens with one attached hydrogen (secondary N) is 1. The van der Waals surface area contributed by atoms with Crippen LogP contribution in [0.5, 0.6) is 0 Å². The van der Waals surface area contributed by atoms with Gasteiger partial charge in [0.2, 0.25) is 5.56 Å². The Kier molecular flexibility index (Phi) is 9.70. The van der Waals surface area contributed by atoms with E-state index in [1.54, 1.807) is 16.7 Å². The number of aliphatic imine (C=N–C) groups is 1. The van der Waals surface area contributed by atoms with Gasteiger partial charge in [0.1, 0.15) is 0 Å². The summed E-state index contributed by atoms with van der Waals surface area (Å²) >= 11 is 0. The van der Waals surface area contributed by atoms with Crippen molar-refractivity contribution in [3.63, 3.8) is 0 Å². The van der Waals surface area contributed by atoms with Crippen LogP contribution in [-0.2, 0) is 6.54 Å². The summed E-state index contributed by atoms with van der Waals surface area (Å²) < 4.78 is 1.77. The molecule has 158 valence electrons. The molecule has 2 unspecified atom stereocenters. The van der Waals surface area contributed by atoms with Crippen molar-refractivity contribution in [3.05, 3.63) is 70.6 Å². The highest BCUT2D eigenvalue weighted by Gasteiger charge is 2.28. The lowest BCUT2D eigenvalue weighted by atomic mass is 9.82. The zero-order chi connectivity index (χ0) is 19.8. The molecule has 2 heterocycles. The number of hydrogen-bond donors (Lipinski definition) is 1. The Morgan fingerprint density at radius 3 is 2.59 bits per heavy atom. The van der Waals surface area contributed by atoms with Crippen LogP contribution in [-0.4, -0.2) is 42.1 Å². The number of piperidine rings is 1. The minimum atomic E-state index is 0. The second kappa shape index (κ2) is 12.0. The Bertz CT molecular complexity index is 821. The highest BCUT2D eigenvalue weighted by molar-refractivity contribution is 14.0. The number of likely N-dealkylation sites (tertiary alicyclic amines) is 1. The first-order valence-electron chi connectivity index (χ1n) is 10.3. The first-order chi connectivity index (χ1) is 13.7. The normalized spacial score (nSPS) is 19.5.